The van der Waals surface area contributed by atoms with E-state index in [9.17, 15) is 8.42 Å². The van der Waals surface area contributed by atoms with Gasteiger partial charge in [0.25, 0.3) is 0 Å². The van der Waals surface area contributed by atoms with E-state index in [4.69, 9.17) is 15.2 Å². The molecule has 1 saturated carbocycles. The molecule has 21 heavy (non-hydrogen) atoms. The summed E-state index contributed by atoms with van der Waals surface area (Å²) in [6, 6.07) is 4.91. The second kappa shape index (κ2) is 6.31. The standard InChI is InChI=1S/C14H22N2O4S/c1-19-12-5-4-11(9-15)8-13(12)21(17,18)16-10-14(20-2)6-3-7-14/h4-5,8,16H,3,6-7,9-10,15H2,1-2H3. The summed E-state index contributed by atoms with van der Waals surface area (Å²) in [5, 5.41) is 0. The molecular formula is C14H22N2O4S. The van der Waals surface area contributed by atoms with E-state index in [0.717, 1.165) is 24.8 Å². The van der Waals surface area contributed by atoms with Gasteiger partial charge in [-0.2, -0.15) is 0 Å². The Morgan fingerprint density at radius 3 is 2.52 bits per heavy atom. The topological polar surface area (TPSA) is 90.7 Å². The predicted molar refractivity (Wildman–Crippen MR) is 79.7 cm³/mol. The van der Waals surface area contributed by atoms with Crippen LogP contribution in [0.1, 0.15) is 24.8 Å². The van der Waals surface area contributed by atoms with Crippen LogP contribution in [-0.2, 0) is 21.3 Å². The number of rotatable bonds is 7. The van der Waals surface area contributed by atoms with Crippen molar-refractivity contribution in [2.75, 3.05) is 20.8 Å². The normalized spacial score (nSPS) is 17.3. The second-order valence-electron chi connectivity index (χ2n) is 5.25. The first-order chi connectivity index (χ1) is 9.96. The molecule has 6 nitrogen and oxygen atoms in total. The Bertz CT molecular complexity index is 591. The maximum atomic E-state index is 12.5. The first kappa shape index (κ1) is 16.2. The minimum atomic E-state index is -3.67. The van der Waals surface area contributed by atoms with Gasteiger partial charge in [0.1, 0.15) is 10.6 Å². The molecule has 3 N–H and O–H groups in total. The Morgan fingerprint density at radius 1 is 1.33 bits per heavy atom. The van der Waals surface area contributed by atoms with E-state index >= 15 is 0 Å². The molecule has 0 spiro atoms. The molecule has 1 aromatic rings. The van der Waals surface area contributed by atoms with Crippen LogP contribution in [0.25, 0.3) is 0 Å². The lowest BCUT2D eigenvalue weighted by molar-refractivity contribution is -0.0659. The van der Waals surface area contributed by atoms with Gasteiger partial charge >= 0.3 is 0 Å². The van der Waals surface area contributed by atoms with Crippen molar-refractivity contribution in [3.8, 4) is 5.75 Å². The van der Waals surface area contributed by atoms with Gasteiger partial charge in [0.15, 0.2) is 0 Å². The number of nitrogens with two attached hydrogens (primary N) is 1. The van der Waals surface area contributed by atoms with E-state index in [-0.39, 0.29) is 23.6 Å². The zero-order valence-corrected chi connectivity index (χ0v) is 13.2. The number of benzene rings is 1. The molecular weight excluding hydrogens is 292 g/mol. The van der Waals surface area contributed by atoms with E-state index in [2.05, 4.69) is 4.72 Å². The molecule has 118 valence electrons. The quantitative estimate of drug-likeness (QED) is 0.783. The number of hydrogen-bond acceptors (Lipinski definition) is 5. The SMILES string of the molecule is COc1ccc(CN)cc1S(=O)(=O)NCC1(OC)CCC1. The van der Waals surface area contributed by atoms with Crippen LogP contribution in [0.5, 0.6) is 5.75 Å². The Morgan fingerprint density at radius 2 is 2.05 bits per heavy atom. The molecule has 2 rings (SSSR count). The largest absolute Gasteiger partial charge is 0.495 e. The third-order valence-electron chi connectivity index (χ3n) is 4.04. The molecule has 0 heterocycles. The van der Waals surface area contributed by atoms with Gasteiger partial charge in [0.05, 0.1) is 12.7 Å². The van der Waals surface area contributed by atoms with Crippen LogP contribution in [0.3, 0.4) is 0 Å². The molecule has 7 heteroatoms. The molecule has 0 aromatic heterocycles. The Labute approximate surface area is 125 Å². The zero-order valence-electron chi connectivity index (χ0n) is 12.4. The van der Waals surface area contributed by atoms with Crippen LogP contribution in [0.2, 0.25) is 0 Å². The van der Waals surface area contributed by atoms with Gasteiger partial charge in [-0.3, -0.25) is 0 Å². The highest BCUT2D eigenvalue weighted by Gasteiger charge is 2.38. The fourth-order valence-electron chi connectivity index (χ4n) is 2.39. The summed E-state index contributed by atoms with van der Waals surface area (Å²) in [4.78, 5) is 0.110. The third kappa shape index (κ3) is 3.37. The van der Waals surface area contributed by atoms with E-state index in [1.807, 2.05) is 0 Å². The maximum Gasteiger partial charge on any atom is 0.244 e. The smallest absolute Gasteiger partial charge is 0.244 e. The van der Waals surface area contributed by atoms with Crippen LogP contribution in [0, 0.1) is 0 Å². The minimum Gasteiger partial charge on any atom is -0.495 e. The summed E-state index contributed by atoms with van der Waals surface area (Å²) < 4.78 is 38.2. The average Bonchev–Trinajstić information content (AvgIpc) is 2.45. The number of hydrogen-bond donors (Lipinski definition) is 2. The number of methoxy groups -OCH3 is 2. The third-order valence-corrected chi connectivity index (χ3v) is 5.46. The van der Waals surface area contributed by atoms with Gasteiger partial charge in [-0.25, -0.2) is 13.1 Å². The highest BCUT2D eigenvalue weighted by atomic mass is 32.2. The first-order valence-corrected chi connectivity index (χ1v) is 8.36. The highest BCUT2D eigenvalue weighted by molar-refractivity contribution is 7.89. The van der Waals surface area contributed by atoms with Crippen LogP contribution in [0.4, 0.5) is 0 Å². The molecule has 0 saturated heterocycles. The second-order valence-corrected chi connectivity index (χ2v) is 6.99. The first-order valence-electron chi connectivity index (χ1n) is 6.88. The van der Waals surface area contributed by atoms with Gasteiger partial charge in [-0.05, 0) is 37.0 Å². The number of nitrogens with one attached hydrogen (secondary N) is 1. The van der Waals surface area contributed by atoms with Crippen molar-refractivity contribution in [3.63, 3.8) is 0 Å². The van der Waals surface area contributed by atoms with E-state index < -0.39 is 10.0 Å². The van der Waals surface area contributed by atoms with Gasteiger partial charge in [0.2, 0.25) is 10.0 Å². The number of ether oxygens (including phenoxy) is 2. The lowest BCUT2D eigenvalue weighted by Gasteiger charge is -2.40. The van der Waals surface area contributed by atoms with E-state index in [1.54, 1.807) is 25.3 Å². The van der Waals surface area contributed by atoms with Crippen molar-refractivity contribution in [2.45, 2.75) is 36.3 Å². The number of sulfonamides is 1. The van der Waals surface area contributed by atoms with Crippen LogP contribution < -0.4 is 15.2 Å². The maximum absolute atomic E-state index is 12.5. The molecule has 1 aromatic carbocycles. The van der Waals surface area contributed by atoms with E-state index in [1.165, 1.54) is 7.11 Å². The molecule has 0 amide bonds. The fourth-order valence-corrected chi connectivity index (χ4v) is 3.72. The van der Waals surface area contributed by atoms with Gasteiger partial charge in [-0.15, -0.1) is 0 Å². The van der Waals surface area contributed by atoms with Crippen molar-refractivity contribution in [1.82, 2.24) is 4.72 Å². The van der Waals surface area contributed by atoms with Crippen molar-refractivity contribution in [2.24, 2.45) is 5.73 Å². The van der Waals surface area contributed by atoms with Crippen LogP contribution in [-0.4, -0.2) is 34.8 Å². The van der Waals surface area contributed by atoms with Crippen molar-refractivity contribution >= 4 is 10.0 Å². The van der Waals surface area contributed by atoms with Crippen LogP contribution >= 0.6 is 0 Å². The summed E-state index contributed by atoms with van der Waals surface area (Å²) in [5.74, 6) is 0.305. The van der Waals surface area contributed by atoms with Gasteiger partial charge < -0.3 is 15.2 Å². The summed E-state index contributed by atoms with van der Waals surface area (Å²) in [7, 11) is -0.608. The van der Waals surface area contributed by atoms with Crippen molar-refractivity contribution in [1.29, 1.82) is 0 Å². The predicted octanol–water partition coefficient (Wildman–Crippen LogP) is 1.00. The molecule has 0 unspecified atom stereocenters. The summed E-state index contributed by atoms with van der Waals surface area (Å²) in [5.41, 5.74) is 5.94. The molecule has 0 aliphatic heterocycles. The molecule has 1 fully saturated rings. The van der Waals surface area contributed by atoms with Crippen molar-refractivity contribution in [3.05, 3.63) is 23.8 Å². The monoisotopic (exact) mass is 314 g/mol. The Balaban J connectivity index is 2.22. The Hall–Kier alpha value is -1.15. The molecule has 0 bridgehead atoms. The zero-order chi connectivity index (χ0) is 15.5. The lowest BCUT2D eigenvalue weighted by atomic mass is 9.80. The Kier molecular flexibility index (Phi) is 4.88. The van der Waals surface area contributed by atoms with Crippen molar-refractivity contribution < 1.29 is 17.9 Å². The van der Waals surface area contributed by atoms with E-state index in [0.29, 0.717) is 5.75 Å². The summed E-state index contributed by atoms with van der Waals surface area (Å²) >= 11 is 0. The molecule has 0 atom stereocenters. The summed E-state index contributed by atoms with van der Waals surface area (Å²) in [6.45, 7) is 0.538. The fraction of sp³-hybridized carbons (Fsp3) is 0.571. The highest BCUT2D eigenvalue weighted by Crippen LogP contribution is 2.35. The summed E-state index contributed by atoms with van der Waals surface area (Å²) in [6.07, 6.45) is 2.79. The van der Waals surface area contributed by atoms with Crippen LogP contribution in [0.15, 0.2) is 23.1 Å². The minimum absolute atomic E-state index is 0.110. The lowest BCUT2D eigenvalue weighted by Crippen LogP contribution is -2.49. The van der Waals surface area contributed by atoms with Gasteiger partial charge in [-0.1, -0.05) is 6.07 Å². The molecule has 1 aliphatic carbocycles. The molecule has 0 radical (unpaired) electrons. The molecule has 1 aliphatic rings. The van der Waals surface area contributed by atoms with Gasteiger partial charge in [0, 0.05) is 20.2 Å². The average molecular weight is 314 g/mol.